The fraction of sp³-hybridized carbons (Fsp3) is 0.167. The summed E-state index contributed by atoms with van der Waals surface area (Å²) in [6.45, 7) is 7.70. The van der Waals surface area contributed by atoms with Crippen molar-refractivity contribution in [2.45, 2.75) is 13.8 Å². The lowest BCUT2D eigenvalue weighted by Crippen LogP contribution is -1.85. The van der Waals surface area contributed by atoms with Crippen molar-refractivity contribution in [3.63, 3.8) is 0 Å². The van der Waals surface area contributed by atoms with E-state index in [1.54, 1.807) is 0 Å². The third-order valence-corrected chi connectivity index (χ3v) is 3.45. The van der Waals surface area contributed by atoms with Crippen LogP contribution in [0.2, 0.25) is 0 Å². The van der Waals surface area contributed by atoms with Crippen LogP contribution in [0, 0.1) is 6.92 Å². The zero-order valence-electron chi connectivity index (χ0n) is 8.79. The molecule has 0 aliphatic heterocycles. The SMILES string of the molecule is C=C=C(C)c1ccc(C)c2sc(N)nc12. The molecule has 1 heterocycles. The van der Waals surface area contributed by atoms with Gasteiger partial charge in [-0.3, -0.25) is 0 Å². The van der Waals surface area contributed by atoms with Gasteiger partial charge in [-0.15, -0.1) is 5.73 Å². The van der Waals surface area contributed by atoms with Gasteiger partial charge >= 0.3 is 0 Å². The van der Waals surface area contributed by atoms with Crippen molar-refractivity contribution in [3.05, 3.63) is 35.6 Å². The lowest BCUT2D eigenvalue weighted by atomic mass is 10.1. The average molecular weight is 216 g/mol. The fourth-order valence-corrected chi connectivity index (χ4v) is 2.37. The van der Waals surface area contributed by atoms with E-state index in [-0.39, 0.29) is 0 Å². The van der Waals surface area contributed by atoms with Gasteiger partial charge in [0.05, 0.1) is 10.2 Å². The minimum Gasteiger partial charge on any atom is -0.375 e. The molecule has 2 aromatic rings. The van der Waals surface area contributed by atoms with Crippen molar-refractivity contribution in [3.8, 4) is 0 Å². The number of benzene rings is 1. The number of allylic oxidation sites excluding steroid dienone is 1. The number of anilines is 1. The molecule has 76 valence electrons. The summed E-state index contributed by atoms with van der Waals surface area (Å²) in [6.07, 6.45) is 0. The molecule has 1 aromatic carbocycles. The van der Waals surface area contributed by atoms with Crippen LogP contribution in [0.4, 0.5) is 5.13 Å². The van der Waals surface area contributed by atoms with E-state index in [0.29, 0.717) is 5.13 Å². The van der Waals surface area contributed by atoms with Crippen LogP contribution < -0.4 is 5.73 Å². The van der Waals surface area contributed by atoms with Gasteiger partial charge in [-0.25, -0.2) is 4.98 Å². The number of aryl methyl sites for hydroxylation is 1. The third-order valence-electron chi connectivity index (χ3n) is 2.43. The molecular weight excluding hydrogens is 204 g/mol. The second kappa shape index (κ2) is 3.54. The van der Waals surface area contributed by atoms with Crippen LogP contribution in [0.5, 0.6) is 0 Å². The molecule has 0 fully saturated rings. The molecule has 0 spiro atoms. The van der Waals surface area contributed by atoms with Gasteiger partial charge in [-0.2, -0.15) is 0 Å². The van der Waals surface area contributed by atoms with Crippen molar-refractivity contribution < 1.29 is 0 Å². The van der Waals surface area contributed by atoms with Crippen molar-refractivity contribution in [1.29, 1.82) is 0 Å². The summed E-state index contributed by atoms with van der Waals surface area (Å²) in [6, 6.07) is 4.13. The van der Waals surface area contributed by atoms with Gasteiger partial charge in [0.2, 0.25) is 0 Å². The number of nitrogens with two attached hydrogens (primary N) is 1. The van der Waals surface area contributed by atoms with E-state index in [1.807, 2.05) is 13.0 Å². The van der Waals surface area contributed by atoms with Gasteiger partial charge in [0.1, 0.15) is 0 Å². The van der Waals surface area contributed by atoms with Crippen molar-refractivity contribution >= 4 is 32.3 Å². The predicted molar refractivity (Wildman–Crippen MR) is 67.0 cm³/mol. The van der Waals surface area contributed by atoms with E-state index in [9.17, 15) is 0 Å². The molecule has 3 heteroatoms. The topological polar surface area (TPSA) is 38.9 Å². The molecule has 0 bridgehead atoms. The maximum Gasteiger partial charge on any atom is 0.181 e. The van der Waals surface area contributed by atoms with E-state index in [1.165, 1.54) is 16.9 Å². The Morgan fingerprint density at radius 2 is 2.27 bits per heavy atom. The fourth-order valence-electron chi connectivity index (χ4n) is 1.55. The molecular formula is C12H12N2S. The highest BCUT2D eigenvalue weighted by atomic mass is 32.1. The monoisotopic (exact) mass is 216 g/mol. The summed E-state index contributed by atoms with van der Waals surface area (Å²) in [5, 5.41) is 0.609. The van der Waals surface area contributed by atoms with Crippen LogP contribution in [0.3, 0.4) is 0 Å². The molecule has 0 unspecified atom stereocenters. The van der Waals surface area contributed by atoms with Crippen LogP contribution in [-0.2, 0) is 0 Å². The van der Waals surface area contributed by atoms with Crippen LogP contribution in [-0.4, -0.2) is 4.98 Å². The number of thiazole rings is 1. The molecule has 1 aromatic heterocycles. The Labute approximate surface area is 92.8 Å². The molecule has 0 radical (unpaired) electrons. The maximum absolute atomic E-state index is 5.73. The first kappa shape index (κ1) is 9.97. The number of rotatable bonds is 1. The van der Waals surface area contributed by atoms with Crippen molar-refractivity contribution in [2.24, 2.45) is 0 Å². The summed E-state index contributed by atoms with van der Waals surface area (Å²) in [7, 11) is 0. The Morgan fingerprint density at radius 1 is 1.53 bits per heavy atom. The van der Waals surface area contributed by atoms with E-state index in [0.717, 1.165) is 21.4 Å². The van der Waals surface area contributed by atoms with Crippen molar-refractivity contribution in [1.82, 2.24) is 4.98 Å². The zero-order chi connectivity index (χ0) is 11.0. The number of fused-ring (bicyclic) bond motifs is 1. The molecule has 0 atom stereocenters. The molecule has 2 nitrogen and oxygen atoms in total. The standard InChI is InChI=1S/C12H12N2S/c1-4-7(2)9-6-5-8(3)11-10(9)14-12(13)15-11/h5-6H,1H2,2-3H3,(H2,13,14). The number of aromatic nitrogens is 1. The number of nitrogen functional groups attached to an aromatic ring is 1. The highest BCUT2D eigenvalue weighted by Crippen LogP contribution is 2.32. The minimum atomic E-state index is 0.609. The lowest BCUT2D eigenvalue weighted by molar-refractivity contribution is 1.45. The van der Waals surface area contributed by atoms with Gasteiger partial charge in [-0.1, -0.05) is 30.0 Å². The number of nitrogens with zero attached hydrogens (tertiary/aromatic N) is 1. The van der Waals surface area contributed by atoms with Crippen LogP contribution in [0.25, 0.3) is 15.8 Å². The van der Waals surface area contributed by atoms with Crippen LogP contribution in [0.1, 0.15) is 18.1 Å². The third kappa shape index (κ3) is 1.56. The van der Waals surface area contributed by atoms with Gasteiger partial charge in [0.15, 0.2) is 5.13 Å². The van der Waals surface area contributed by atoms with Gasteiger partial charge < -0.3 is 5.73 Å². The molecule has 0 aliphatic carbocycles. The smallest absolute Gasteiger partial charge is 0.181 e. The van der Waals surface area contributed by atoms with E-state index in [2.05, 4.69) is 30.3 Å². The second-order valence-electron chi connectivity index (χ2n) is 3.46. The summed E-state index contributed by atoms with van der Waals surface area (Å²) >= 11 is 1.53. The number of hydrogen-bond donors (Lipinski definition) is 1. The molecule has 2 N–H and O–H groups in total. The second-order valence-corrected chi connectivity index (χ2v) is 4.49. The molecule has 2 rings (SSSR count). The Kier molecular flexibility index (Phi) is 2.35. The lowest BCUT2D eigenvalue weighted by Gasteiger charge is -2.01. The first-order valence-electron chi connectivity index (χ1n) is 4.66. The number of hydrogen-bond acceptors (Lipinski definition) is 3. The van der Waals surface area contributed by atoms with Crippen molar-refractivity contribution in [2.75, 3.05) is 5.73 Å². The van der Waals surface area contributed by atoms with E-state index in [4.69, 9.17) is 5.73 Å². The molecule has 0 amide bonds. The largest absolute Gasteiger partial charge is 0.375 e. The van der Waals surface area contributed by atoms with Gasteiger partial charge in [0.25, 0.3) is 0 Å². The Bertz CT molecular complexity index is 575. The Morgan fingerprint density at radius 3 is 2.93 bits per heavy atom. The zero-order valence-corrected chi connectivity index (χ0v) is 9.61. The summed E-state index contributed by atoms with van der Waals surface area (Å²) in [5.74, 6) is 0. The van der Waals surface area contributed by atoms with Crippen LogP contribution >= 0.6 is 11.3 Å². The normalized spacial score (nSPS) is 10.3. The molecule has 0 aliphatic rings. The Balaban J connectivity index is 2.88. The van der Waals surface area contributed by atoms with Crippen LogP contribution in [0.15, 0.2) is 24.4 Å². The summed E-state index contributed by atoms with van der Waals surface area (Å²) < 4.78 is 1.15. The summed E-state index contributed by atoms with van der Waals surface area (Å²) in [4.78, 5) is 4.35. The molecule has 0 saturated carbocycles. The predicted octanol–water partition coefficient (Wildman–Crippen LogP) is 3.38. The maximum atomic E-state index is 5.73. The first-order chi connectivity index (χ1) is 7.13. The Hall–Kier alpha value is -1.57. The quantitative estimate of drug-likeness (QED) is 0.742. The minimum absolute atomic E-state index is 0.609. The van der Waals surface area contributed by atoms with Gasteiger partial charge in [0, 0.05) is 5.56 Å². The highest BCUT2D eigenvalue weighted by Gasteiger charge is 2.09. The highest BCUT2D eigenvalue weighted by molar-refractivity contribution is 7.22. The van der Waals surface area contributed by atoms with E-state index >= 15 is 0 Å². The first-order valence-corrected chi connectivity index (χ1v) is 5.47. The molecule has 0 saturated heterocycles. The van der Waals surface area contributed by atoms with E-state index < -0.39 is 0 Å². The average Bonchev–Trinajstić information content (AvgIpc) is 2.60. The van der Waals surface area contributed by atoms with Gasteiger partial charge in [-0.05, 0) is 25.0 Å². The summed E-state index contributed by atoms with van der Waals surface area (Å²) in [5.41, 5.74) is 12.9. The molecule has 15 heavy (non-hydrogen) atoms.